The molecule has 1 aliphatic heterocycles. The SMILES string of the molecule is CN1CCNCC1c1noc(CSc2ccc3ccccc3c2)n1.Cl. The quantitative estimate of drug-likeness (QED) is 0.703. The van der Waals surface area contributed by atoms with Crippen molar-refractivity contribution < 1.29 is 4.52 Å². The fraction of sp³-hybridized carbons (Fsp3) is 0.333. The molecule has 4 rings (SSSR count). The third-order valence-electron chi connectivity index (χ3n) is 4.38. The molecule has 1 unspecified atom stereocenters. The summed E-state index contributed by atoms with van der Waals surface area (Å²) in [6.07, 6.45) is 0. The van der Waals surface area contributed by atoms with Gasteiger partial charge in [-0.15, -0.1) is 24.2 Å². The number of aromatic nitrogens is 2. The van der Waals surface area contributed by atoms with Crippen LogP contribution in [0.25, 0.3) is 10.8 Å². The van der Waals surface area contributed by atoms with E-state index in [4.69, 9.17) is 4.52 Å². The number of halogens is 1. The molecule has 3 aromatic rings. The van der Waals surface area contributed by atoms with Gasteiger partial charge in [0.05, 0.1) is 11.8 Å². The molecule has 0 aliphatic carbocycles. The summed E-state index contributed by atoms with van der Waals surface area (Å²) in [7, 11) is 2.10. The predicted molar refractivity (Wildman–Crippen MR) is 103 cm³/mol. The lowest BCUT2D eigenvalue weighted by Gasteiger charge is -2.30. The summed E-state index contributed by atoms with van der Waals surface area (Å²) in [6, 6.07) is 15.1. The normalized spacial score (nSPS) is 18.2. The van der Waals surface area contributed by atoms with Gasteiger partial charge in [-0.1, -0.05) is 35.5 Å². The number of nitrogens with zero attached hydrogens (tertiary/aromatic N) is 3. The average molecular weight is 377 g/mol. The monoisotopic (exact) mass is 376 g/mol. The van der Waals surface area contributed by atoms with Crippen LogP contribution in [0.2, 0.25) is 0 Å². The van der Waals surface area contributed by atoms with Crippen molar-refractivity contribution in [3.8, 4) is 0 Å². The fourth-order valence-electron chi connectivity index (χ4n) is 2.96. The van der Waals surface area contributed by atoms with E-state index in [0.29, 0.717) is 11.6 Å². The van der Waals surface area contributed by atoms with Crippen LogP contribution in [-0.2, 0) is 5.75 Å². The Labute approximate surface area is 157 Å². The standard InChI is InChI=1S/C18H20N4OS.ClH/c1-22-9-8-19-11-16(22)18-20-17(23-21-18)12-24-15-7-6-13-4-2-3-5-14(13)10-15;/h2-7,10,16,19H,8-9,11-12H2,1H3;1H. The predicted octanol–water partition coefficient (Wildman–Crippen LogP) is 3.51. The first-order valence-corrected chi connectivity index (χ1v) is 9.13. The van der Waals surface area contributed by atoms with Gasteiger partial charge in [-0.25, -0.2) is 0 Å². The molecule has 2 aromatic carbocycles. The molecule has 1 atom stereocenters. The van der Waals surface area contributed by atoms with Gasteiger partial charge in [-0.05, 0) is 30.0 Å². The molecule has 132 valence electrons. The van der Waals surface area contributed by atoms with Gasteiger partial charge in [0.15, 0.2) is 5.82 Å². The first-order valence-electron chi connectivity index (χ1n) is 8.14. The van der Waals surface area contributed by atoms with E-state index in [9.17, 15) is 0 Å². The second kappa shape index (κ2) is 8.19. The van der Waals surface area contributed by atoms with Crippen molar-refractivity contribution in [2.75, 3.05) is 26.7 Å². The maximum Gasteiger partial charge on any atom is 0.237 e. The molecule has 2 heterocycles. The highest BCUT2D eigenvalue weighted by Gasteiger charge is 2.25. The van der Waals surface area contributed by atoms with Gasteiger partial charge < -0.3 is 9.84 Å². The Hall–Kier alpha value is -1.60. The van der Waals surface area contributed by atoms with Crippen molar-refractivity contribution in [3.05, 3.63) is 54.2 Å². The minimum absolute atomic E-state index is 0. The van der Waals surface area contributed by atoms with Crippen LogP contribution in [0.3, 0.4) is 0 Å². The molecular formula is C18H21ClN4OS. The van der Waals surface area contributed by atoms with Gasteiger partial charge in [-0.3, -0.25) is 4.90 Å². The lowest BCUT2D eigenvalue weighted by molar-refractivity contribution is 0.190. The topological polar surface area (TPSA) is 54.2 Å². The first kappa shape index (κ1) is 18.2. The van der Waals surface area contributed by atoms with Crippen molar-refractivity contribution in [2.24, 2.45) is 0 Å². The van der Waals surface area contributed by atoms with Crippen LogP contribution in [-0.4, -0.2) is 41.7 Å². The molecular weight excluding hydrogens is 356 g/mol. The molecule has 5 nitrogen and oxygen atoms in total. The van der Waals surface area contributed by atoms with E-state index in [2.05, 4.69) is 69.9 Å². The van der Waals surface area contributed by atoms with E-state index < -0.39 is 0 Å². The van der Waals surface area contributed by atoms with Gasteiger partial charge >= 0.3 is 0 Å². The molecule has 0 amide bonds. The molecule has 1 saturated heterocycles. The maximum atomic E-state index is 5.44. The number of likely N-dealkylation sites (N-methyl/N-ethyl adjacent to an activating group) is 1. The van der Waals surface area contributed by atoms with E-state index in [-0.39, 0.29) is 18.4 Å². The number of hydrogen-bond acceptors (Lipinski definition) is 6. The van der Waals surface area contributed by atoms with Gasteiger partial charge in [-0.2, -0.15) is 4.98 Å². The third-order valence-corrected chi connectivity index (χ3v) is 5.35. The number of piperazine rings is 1. The minimum atomic E-state index is 0. The summed E-state index contributed by atoms with van der Waals surface area (Å²) >= 11 is 1.72. The van der Waals surface area contributed by atoms with Crippen molar-refractivity contribution in [2.45, 2.75) is 16.7 Å². The van der Waals surface area contributed by atoms with Crippen LogP contribution >= 0.6 is 24.2 Å². The number of hydrogen-bond donors (Lipinski definition) is 1. The van der Waals surface area contributed by atoms with E-state index in [1.165, 1.54) is 15.7 Å². The largest absolute Gasteiger partial charge is 0.338 e. The van der Waals surface area contributed by atoms with E-state index >= 15 is 0 Å². The highest BCUT2D eigenvalue weighted by Crippen LogP contribution is 2.27. The highest BCUT2D eigenvalue weighted by molar-refractivity contribution is 7.98. The molecule has 1 fully saturated rings. The van der Waals surface area contributed by atoms with Crippen LogP contribution < -0.4 is 5.32 Å². The smallest absolute Gasteiger partial charge is 0.237 e. The second-order valence-electron chi connectivity index (χ2n) is 6.04. The van der Waals surface area contributed by atoms with Gasteiger partial charge in [0.2, 0.25) is 5.89 Å². The zero-order valence-corrected chi connectivity index (χ0v) is 15.6. The Bertz CT molecular complexity index is 841. The van der Waals surface area contributed by atoms with E-state index in [1.54, 1.807) is 11.8 Å². The Morgan fingerprint density at radius 2 is 2.08 bits per heavy atom. The molecule has 1 N–H and O–H groups in total. The van der Waals surface area contributed by atoms with Gasteiger partial charge in [0, 0.05) is 24.5 Å². The molecule has 1 aromatic heterocycles. The van der Waals surface area contributed by atoms with E-state index in [1.807, 2.05) is 0 Å². The summed E-state index contributed by atoms with van der Waals surface area (Å²) in [5.74, 6) is 2.15. The molecule has 0 bridgehead atoms. The molecule has 0 saturated carbocycles. The molecule has 1 aliphatic rings. The summed E-state index contributed by atoms with van der Waals surface area (Å²) in [5, 5.41) is 10.1. The first-order chi connectivity index (χ1) is 11.8. The van der Waals surface area contributed by atoms with Crippen LogP contribution in [0, 0.1) is 0 Å². The van der Waals surface area contributed by atoms with Crippen molar-refractivity contribution in [3.63, 3.8) is 0 Å². The van der Waals surface area contributed by atoms with Crippen LogP contribution in [0.15, 0.2) is 51.9 Å². The second-order valence-corrected chi connectivity index (χ2v) is 7.09. The lowest BCUT2D eigenvalue weighted by Crippen LogP contribution is -2.44. The number of rotatable bonds is 4. The van der Waals surface area contributed by atoms with Crippen LogP contribution in [0.4, 0.5) is 0 Å². The average Bonchev–Trinajstić information content (AvgIpc) is 3.09. The number of thioether (sulfide) groups is 1. The molecule has 0 spiro atoms. The van der Waals surface area contributed by atoms with Crippen molar-refractivity contribution in [1.29, 1.82) is 0 Å². The van der Waals surface area contributed by atoms with Crippen LogP contribution in [0.1, 0.15) is 17.8 Å². The van der Waals surface area contributed by atoms with Gasteiger partial charge in [0.25, 0.3) is 0 Å². The highest BCUT2D eigenvalue weighted by atomic mass is 35.5. The molecule has 25 heavy (non-hydrogen) atoms. The number of nitrogens with one attached hydrogen (secondary N) is 1. The van der Waals surface area contributed by atoms with Crippen molar-refractivity contribution in [1.82, 2.24) is 20.4 Å². The summed E-state index contributed by atoms with van der Waals surface area (Å²) in [4.78, 5) is 8.06. The Morgan fingerprint density at radius 3 is 2.92 bits per heavy atom. The summed E-state index contributed by atoms with van der Waals surface area (Å²) in [5.41, 5.74) is 0. The summed E-state index contributed by atoms with van der Waals surface area (Å²) < 4.78 is 5.44. The Morgan fingerprint density at radius 1 is 1.24 bits per heavy atom. The fourth-order valence-corrected chi connectivity index (χ4v) is 3.74. The maximum absolute atomic E-state index is 5.44. The van der Waals surface area contributed by atoms with E-state index in [0.717, 1.165) is 25.5 Å². The zero-order valence-electron chi connectivity index (χ0n) is 14.0. The molecule has 0 radical (unpaired) electrons. The van der Waals surface area contributed by atoms with Crippen molar-refractivity contribution >= 4 is 34.9 Å². The summed E-state index contributed by atoms with van der Waals surface area (Å²) in [6.45, 7) is 2.88. The number of fused-ring (bicyclic) bond motifs is 1. The van der Waals surface area contributed by atoms with Crippen LogP contribution in [0.5, 0.6) is 0 Å². The Kier molecular flexibility index (Phi) is 5.96. The third kappa shape index (κ3) is 4.15. The minimum Gasteiger partial charge on any atom is -0.338 e. The lowest BCUT2D eigenvalue weighted by atomic mass is 10.1. The van der Waals surface area contributed by atoms with Gasteiger partial charge in [0.1, 0.15) is 0 Å². The Balaban J connectivity index is 0.00000182. The zero-order chi connectivity index (χ0) is 16.4. The molecule has 7 heteroatoms. The number of benzene rings is 2.